The molecule has 0 amide bonds. The van der Waals surface area contributed by atoms with Gasteiger partial charge in [0.05, 0.1) is 13.7 Å². The molecule has 1 aromatic rings. The van der Waals surface area contributed by atoms with Crippen molar-refractivity contribution in [3.63, 3.8) is 0 Å². The predicted octanol–water partition coefficient (Wildman–Crippen LogP) is 3.01. The molecular weight excluding hydrogens is 285 g/mol. The highest BCUT2D eigenvalue weighted by Crippen LogP contribution is 2.31. The molecule has 124 valence electrons. The Kier molecular flexibility index (Phi) is 6.61. The molecule has 0 aliphatic carbocycles. The Balaban J connectivity index is 1.62. The zero-order valence-electron chi connectivity index (χ0n) is 13.6. The maximum atomic E-state index is 14.0. The first-order valence-electron chi connectivity index (χ1n) is 7.93. The number of alkyl halides is 1. The molecule has 22 heavy (non-hydrogen) atoms. The molecule has 1 saturated heterocycles. The molecule has 0 aromatic heterocycles. The lowest BCUT2D eigenvalue weighted by Crippen LogP contribution is -2.30. The molecule has 4 nitrogen and oxygen atoms in total. The van der Waals surface area contributed by atoms with Gasteiger partial charge in [0.15, 0.2) is 0 Å². The second kappa shape index (κ2) is 8.46. The van der Waals surface area contributed by atoms with E-state index < -0.39 is 6.17 Å². The summed E-state index contributed by atoms with van der Waals surface area (Å²) in [4.78, 5) is 2.13. The molecule has 3 atom stereocenters. The highest BCUT2D eigenvalue weighted by atomic mass is 19.1. The van der Waals surface area contributed by atoms with Crippen molar-refractivity contribution in [2.45, 2.75) is 45.4 Å². The Morgan fingerprint density at radius 2 is 1.91 bits per heavy atom. The van der Waals surface area contributed by atoms with Crippen LogP contribution in [0.25, 0.3) is 0 Å². The Labute approximate surface area is 132 Å². The Morgan fingerprint density at radius 3 is 2.50 bits per heavy atom. The highest BCUT2D eigenvalue weighted by molar-refractivity contribution is 5.26. The number of halogens is 1. The van der Waals surface area contributed by atoms with Crippen LogP contribution in [0.5, 0.6) is 5.75 Å². The standard InChI is InChI=1S/C17H26FNO3/c1-4-19(5-2)17-16(22-17)15(18)10-11-21-12-13-6-8-14(20-3)9-7-13/h6-9,15-17H,4-5,10-12H2,1-3H3. The monoisotopic (exact) mass is 311 g/mol. The third-order valence-electron chi connectivity index (χ3n) is 4.00. The van der Waals surface area contributed by atoms with Crippen LogP contribution in [-0.2, 0) is 16.1 Å². The molecule has 0 N–H and O–H groups in total. The minimum absolute atomic E-state index is 0.0495. The summed E-state index contributed by atoms with van der Waals surface area (Å²) in [6.45, 7) is 6.79. The minimum atomic E-state index is -0.957. The van der Waals surface area contributed by atoms with E-state index in [1.165, 1.54) is 0 Å². The zero-order chi connectivity index (χ0) is 15.9. The van der Waals surface area contributed by atoms with Crippen LogP contribution in [0.1, 0.15) is 25.8 Å². The number of epoxide rings is 1. The maximum absolute atomic E-state index is 14.0. The number of methoxy groups -OCH3 is 1. The molecule has 0 spiro atoms. The molecule has 2 rings (SSSR count). The van der Waals surface area contributed by atoms with Crippen molar-refractivity contribution in [3.05, 3.63) is 29.8 Å². The van der Waals surface area contributed by atoms with Gasteiger partial charge in [0, 0.05) is 13.0 Å². The summed E-state index contributed by atoms with van der Waals surface area (Å²) in [6.07, 6.45) is -0.920. The fraction of sp³-hybridized carbons (Fsp3) is 0.647. The van der Waals surface area contributed by atoms with Gasteiger partial charge in [-0.25, -0.2) is 4.39 Å². The van der Waals surface area contributed by atoms with Crippen LogP contribution in [0.3, 0.4) is 0 Å². The Morgan fingerprint density at radius 1 is 1.23 bits per heavy atom. The largest absolute Gasteiger partial charge is 0.497 e. The lowest BCUT2D eigenvalue weighted by Gasteiger charge is -2.15. The summed E-state index contributed by atoms with van der Waals surface area (Å²) in [7, 11) is 1.64. The third kappa shape index (κ3) is 4.66. The van der Waals surface area contributed by atoms with Gasteiger partial charge < -0.3 is 14.2 Å². The van der Waals surface area contributed by atoms with Crippen LogP contribution in [0.15, 0.2) is 24.3 Å². The molecule has 1 aromatic carbocycles. The fourth-order valence-corrected chi connectivity index (χ4v) is 2.53. The first kappa shape index (κ1) is 17.2. The molecular formula is C17H26FNO3. The van der Waals surface area contributed by atoms with E-state index in [4.69, 9.17) is 14.2 Å². The summed E-state index contributed by atoms with van der Waals surface area (Å²) in [5.41, 5.74) is 1.06. The van der Waals surface area contributed by atoms with Crippen molar-refractivity contribution in [1.82, 2.24) is 4.90 Å². The molecule has 1 fully saturated rings. The van der Waals surface area contributed by atoms with Gasteiger partial charge in [0.2, 0.25) is 0 Å². The summed E-state index contributed by atoms with van der Waals surface area (Å²) < 4.78 is 30.1. The van der Waals surface area contributed by atoms with Gasteiger partial charge in [-0.05, 0) is 30.8 Å². The van der Waals surface area contributed by atoms with Gasteiger partial charge in [0.25, 0.3) is 0 Å². The van der Waals surface area contributed by atoms with Crippen molar-refractivity contribution in [3.8, 4) is 5.75 Å². The van der Waals surface area contributed by atoms with E-state index in [-0.39, 0.29) is 12.3 Å². The fourth-order valence-electron chi connectivity index (χ4n) is 2.53. The summed E-state index contributed by atoms with van der Waals surface area (Å²) in [5, 5.41) is 0. The average molecular weight is 311 g/mol. The van der Waals surface area contributed by atoms with Crippen molar-refractivity contribution < 1.29 is 18.6 Å². The van der Waals surface area contributed by atoms with Crippen molar-refractivity contribution >= 4 is 0 Å². The van der Waals surface area contributed by atoms with E-state index in [0.29, 0.717) is 19.6 Å². The quantitative estimate of drug-likeness (QED) is 0.491. The van der Waals surface area contributed by atoms with Gasteiger partial charge in [-0.2, -0.15) is 0 Å². The SMILES string of the molecule is CCN(CC)C1OC1C(F)CCOCc1ccc(OC)cc1. The molecule has 0 radical (unpaired) electrons. The molecule has 1 aliphatic rings. The van der Waals surface area contributed by atoms with Gasteiger partial charge >= 0.3 is 0 Å². The number of ether oxygens (including phenoxy) is 3. The molecule has 3 unspecified atom stereocenters. The zero-order valence-corrected chi connectivity index (χ0v) is 13.6. The number of rotatable bonds is 10. The van der Waals surface area contributed by atoms with Crippen LogP contribution < -0.4 is 4.74 Å². The number of hydrogen-bond acceptors (Lipinski definition) is 4. The smallest absolute Gasteiger partial charge is 0.140 e. The second-order valence-corrected chi connectivity index (χ2v) is 5.42. The average Bonchev–Trinajstić information content (AvgIpc) is 3.34. The van der Waals surface area contributed by atoms with E-state index in [1.807, 2.05) is 24.3 Å². The lowest BCUT2D eigenvalue weighted by atomic mass is 10.2. The van der Waals surface area contributed by atoms with Crippen LogP contribution in [0.2, 0.25) is 0 Å². The van der Waals surface area contributed by atoms with Gasteiger partial charge in [0.1, 0.15) is 24.3 Å². The Bertz CT molecular complexity index is 436. The van der Waals surface area contributed by atoms with E-state index in [1.54, 1.807) is 7.11 Å². The van der Waals surface area contributed by atoms with Crippen molar-refractivity contribution in [1.29, 1.82) is 0 Å². The summed E-state index contributed by atoms with van der Waals surface area (Å²) in [6, 6.07) is 7.69. The molecule has 1 aliphatic heterocycles. The van der Waals surface area contributed by atoms with Crippen LogP contribution >= 0.6 is 0 Å². The molecule has 5 heteroatoms. The summed E-state index contributed by atoms with van der Waals surface area (Å²) >= 11 is 0. The summed E-state index contributed by atoms with van der Waals surface area (Å²) in [5.74, 6) is 0.820. The minimum Gasteiger partial charge on any atom is -0.497 e. The topological polar surface area (TPSA) is 34.2 Å². The highest BCUT2D eigenvalue weighted by Gasteiger charge is 2.47. The molecule has 1 heterocycles. The Hall–Kier alpha value is -1.17. The van der Waals surface area contributed by atoms with Crippen LogP contribution in [0.4, 0.5) is 4.39 Å². The van der Waals surface area contributed by atoms with E-state index in [9.17, 15) is 4.39 Å². The van der Waals surface area contributed by atoms with Gasteiger partial charge in [-0.15, -0.1) is 0 Å². The first-order valence-corrected chi connectivity index (χ1v) is 7.93. The third-order valence-corrected chi connectivity index (χ3v) is 4.00. The van der Waals surface area contributed by atoms with Gasteiger partial charge in [-0.3, -0.25) is 4.90 Å². The van der Waals surface area contributed by atoms with Crippen LogP contribution in [-0.4, -0.2) is 50.2 Å². The van der Waals surface area contributed by atoms with Crippen molar-refractivity contribution in [2.75, 3.05) is 26.8 Å². The maximum Gasteiger partial charge on any atom is 0.140 e. The van der Waals surface area contributed by atoms with E-state index in [2.05, 4.69) is 18.7 Å². The predicted molar refractivity (Wildman–Crippen MR) is 83.7 cm³/mol. The molecule has 0 bridgehead atoms. The van der Waals surface area contributed by atoms with E-state index >= 15 is 0 Å². The number of hydrogen-bond donors (Lipinski definition) is 0. The second-order valence-electron chi connectivity index (χ2n) is 5.42. The van der Waals surface area contributed by atoms with Gasteiger partial charge in [-0.1, -0.05) is 26.0 Å². The van der Waals surface area contributed by atoms with Crippen molar-refractivity contribution in [2.24, 2.45) is 0 Å². The lowest BCUT2D eigenvalue weighted by molar-refractivity contribution is 0.0929. The normalized spacial score (nSPS) is 21.9. The van der Waals surface area contributed by atoms with Crippen LogP contribution in [0, 0.1) is 0 Å². The number of likely N-dealkylation sites (N-methyl/N-ethyl adjacent to an activating group) is 1. The first-order chi connectivity index (χ1) is 10.7. The van der Waals surface area contributed by atoms with E-state index in [0.717, 1.165) is 24.4 Å². The number of benzene rings is 1. The molecule has 0 saturated carbocycles. The number of nitrogens with zero attached hydrogens (tertiary/aromatic N) is 1.